The fourth-order valence-corrected chi connectivity index (χ4v) is 2.31. The number of aromatic nitrogens is 1. The van der Waals surface area contributed by atoms with Crippen molar-refractivity contribution in [3.8, 4) is 0 Å². The number of aryl methyl sites for hydroxylation is 1. The molecule has 0 saturated heterocycles. The molecule has 0 aliphatic rings. The number of fused-ring (bicyclic) bond motifs is 1. The van der Waals surface area contributed by atoms with Crippen LogP contribution in [0.25, 0.3) is 10.9 Å². The van der Waals surface area contributed by atoms with Gasteiger partial charge in [-0.15, -0.1) is 0 Å². The fourth-order valence-electron chi connectivity index (χ4n) is 2.31. The summed E-state index contributed by atoms with van der Waals surface area (Å²) in [4.78, 5) is 16.9. The van der Waals surface area contributed by atoms with Crippen LogP contribution >= 0.6 is 0 Å². The lowest BCUT2D eigenvalue weighted by molar-refractivity contribution is 0.103. The van der Waals surface area contributed by atoms with Crippen molar-refractivity contribution in [2.45, 2.75) is 6.92 Å². The molecule has 0 amide bonds. The van der Waals surface area contributed by atoms with Crippen molar-refractivity contribution in [3.05, 3.63) is 77.0 Å². The van der Waals surface area contributed by atoms with Crippen LogP contribution < -0.4 is 0 Å². The largest absolute Gasteiger partial charge is 0.288 e. The second-order valence-electron chi connectivity index (χ2n) is 4.78. The van der Waals surface area contributed by atoms with Crippen LogP contribution in [0.15, 0.2) is 48.5 Å². The first-order valence-electron chi connectivity index (χ1n) is 6.42. The summed E-state index contributed by atoms with van der Waals surface area (Å²) in [5.74, 6) is -2.05. The Morgan fingerprint density at radius 1 is 1.00 bits per heavy atom. The highest BCUT2D eigenvalue weighted by Gasteiger charge is 2.17. The van der Waals surface area contributed by atoms with E-state index in [1.54, 1.807) is 31.2 Å². The van der Waals surface area contributed by atoms with E-state index in [2.05, 4.69) is 4.98 Å². The molecule has 0 aliphatic carbocycles. The smallest absolute Gasteiger partial charge is 0.196 e. The molecule has 2 aromatic carbocycles. The Morgan fingerprint density at radius 3 is 2.52 bits per heavy atom. The van der Waals surface area contributed by atoms with Gasteiger partial charge in [0, 0.05) is 22.7 Å². The van der Waals surface area contributed by atoms with Gasteiger partial charge in [0.1, 0.15) is 11.6 Å². The summed E-state index contributed by atoms with van der Waals surface area (Å²) in [6.45, 7) is 1.77. The monoisotopic (exact) mass is 283 g/mol. The zero-order valence-corrected chi connectivity index (χ0v) is 11.2. The molecule has 104 valence electrons. The van der Waals surface area contributed by atoms with Crippen molar-refractivity contribution in [3.63, 3.8) is 0 Å². The van der Waals surface area contributed by atoms with Crippen LogP contribution in [0, 0.1) is 18.6 Å². The van der Waals surface area contributed by atoms with Crippen LogP contribution in [0.2, 0.25) is 0 Å². The number of benzene rings is 2. The molecule has 0 aliphatic heterocycles. The van der Waals surface area contributed by atoms with Crippen molar-refractivity contribution in [1.29, 1.82) is 0 Å². The van der Waals surface area contributed by atoms with Gasteiger partial charge in [0.05, 0.1) is 11.1 Å². The predicted molar refractivity (Wildman–Crippen MR) is 76.3 cm³/mol. The van der Waals surface area contributed by atoms with Gasteiger partial charge in [-0.1, -0.05) is 18.2 Å². The Hall–Kier alpha value is -2.62. The standard InChI is InChI=1S/C17H11F2NO/c1-10-8-14(12-4-2-3-5-16(12)20-10)17(21)13-7-6-11(18)9-15(13)19/h2-9H,1H3. The molecular weight excluding hydrogens is 272 g/mol. The van der Waals surface area contributed by atoms with E-state index in [1.165, 1.54) is 0 Å². The lowest BCUT2D eigenvalue weighted by atomic mass is 9.98. The van der Waals surface area contributed by atoms with Crippen molar-refractivity contribution in [2.24, 2.45) is 0 Å². The summed E-state index contributed by atoms with van der Waals surface area (Å²) in [6, 6.07) is 11.7. The van der Waals surface area contributed by atoms with Crippen molar-refractivity contribution in [1.82, 2.24) is 4.98 Å². The first-order valence-corrected chi connectivity index (χ1v) is 6.42. The van der Waals surface area contributed by atoms with E-state index in [-0.39, 0.29) is 5.56 Å². The van der Waals surface area contributed by atoms with E-state index in [0.717, 1.165) is 12.1 Å². The molecular formula is C17H11F2NO. The Labute approximate surface area is 120 Å². The molecule has 1 aromatic heterocycles. The van der Waals surface area contributed by atoms with Crippen LogP contribution in [-0.2, 0) is 0 Å². The van der Waals surface area contributed by atoms with Crippen molar-refractivity contribution >= 4 is 16.7 Å². The zero-order chi connectivity index (χ0) is 15.0. The molecule has 0 fully saturated rings. The second-order valence-corrected chi connectivity index (χ2v) is 4.78. The number of carbonyl (C=O) groups is 1. The summed E-state index contributed by atoms with van der Waals surface area (Å²) >= 11 is 0. The fraction of sp³-hybridized carbons (Fsp3) is 0.0588. The second kappa shape index (κ2) is 5.05. The van der Waals surface area contributed by atoms with Crippen molar-refractivity contribution < 1.29 is 13.6 Å². The zero-order valence-electron chi connectivity index (χ0n) is 11.2. The molecule has 0 radical (unpaired) electrons. The topological polar surface area (TPSA) is 30.0 Å². The van der Waals surface area contributed by atoms with E-state index in [4.69, 9.17) is 0 Å². The van der Waals surface area contributed by atoms with E-state index >= 15 is 0 Å². The van der Waals surface area contributed by atoms with Gasteiger partial charge < -0.3 is 0 Å². The number of carbonyl (C=O) groups excluding carboxylic acids is 1. The van der Waals surface area contributed by atoms with E-state index in [1.807, 2.05) is 6.07 Å². The number of hydrogen-bond acceptors (Lipinski definition) is 2. The molecule has 0 saturated carbocycles. The summed E-state index contributed by atoms with van der Waals surface area (Å²) in [7, 11) is 0. The molecule has 1 heterocycles. The molecule has 4 heteroatoms. The maximum absolute atomic E-state index is 13.8. The predicted octanol–water partition coefficient (Wildman–Crippen LogP) is 4.05. The van der Waals surface area contributed by atoms with Gasteiger partial charge in [0.25, 0.3) is 0 Å². The maximum Gasteiger partial charge on any atom is 0.196 e. The average Bonchev–Trinajstić information content (AvgIpc) is 2.45. The number of halogens is 2. The molecule has 0 unspecified atom stereocenters. The number of para-hydroxylation sites is 1. The molecule has 0 N–H and O–H groups in total. The minimum Gasteiger partial charge on any atom is -0.288 e. The van der Waals surface area contributed by atoms with Gasteiger partial charge in [-0.2, -0.15) is 0 Å². The number of pyridine rings is 1. The molecule has 3 rings (SSSR count). The van der Waals surface area contributed by atoms with E-state index in [0.29, 0.717) is 28.2 Å². The quantitative estimate of drug-likeness (QED) is 0.664. The SMILES string of the molecule is Cc1cc(C(=O)c2ccc(F)cc2F)c2ccccc2n1. The number of nitrogens with zero attached hydrogens (tertiary/aromatic N) is 1. The first-order chi connectivity index (χ1) is 10.1. The average molecular weight is 283 g/mol. The van der Waals surface area contributed by atoms with E-state index in [9.17, 15) is 13.6 Å². The highest BCUT2D eigenvalue weighted by molar-refractivity contribution is 6.16. The maximum atomic E-state index is 13.8. The Kier molecular flexibility index (Phi) is 3.22. The summed E-state index contributed by atoms with van der Waals surface area (Å²) in [5, 5.41) is 0.650. The molecule has 3 aromatic rings. The Bertz CT molecular complexity index is 859. The van der Waals surface area contributed by atoms with Crippen LogP contribution in [0.4, 0.5) is 8.78 Å². The van der Waals surface area contributed by atoms with Gasteiger partial charge in [0.15, 0.2) is 5.78 Å². The molecule has 0 bridgehead atoms. The Balaban J connectivity index is 2.22. The lowest BCUT2D eigenvalue weighted by Gasteiger charge is -2.08. The minimum absolute atomic E-state index is 0.146. The molecule has 0 atom stereocenters. The van der Waals surface area contributed by atoms with Gasteiger partial charge >= 0.3 is 0 Å². The van der Waals surface area contributed by atoms with Crippen LogP contribution in [0.3, 0.4) is 0 Å². The highest BCUT2D eigenvalue weighted by Crippen LogP contribution is 2.22. The molecule has 21 heavy (non-hydrogen) atoms. The van der Waals surface area contributed by atoms with E-state index < -0.39 is 17.4 Å². The van der Waals surface area contributed by atoms with Crippen LogP contribution in [0.5, 0.6) is 0 Å². The van der Waals surface area contributed by atoms with Gasteiger partial charge in [-0.25, -0.2) is 8.78 Å². The normalized spacial score (nSPS) is 10.8. The van der Waals surface area contributed by atoms with Gasteiger partial charge in [0.2, 0.25) is 0 Å². The van der Waals surface area contributed by atoms with Gasteiger partial charge in [-0.05, 0) is 31.2 Å². The Morgan fingerprint density at radius 2 is 1.76 bits per heavy atom. The number of hydrogen-bond donors (Lipinski definition) is 0. The third-order valence-electron chi connectivity index (χ3n) is 3.26. The summed E-state index contributed by atoms with van der Waals surface area (Å²) < 4.78 is 26.8. The molecule has 0 spiro atoms. The van der Waals surface area contributed by atoms with Gasteiger partial charge in [-0.3, -0.25) is 9.78 Å². The number of rotatable bonds is 2. The highest BCUT2D eigenvalue weighted by atomic mass is 19.1. The summed E-state index contributed by atoms with van der Waals surface area (Å²) in [6.07, 6.45) is 0. The lowest BCUT2D eigenvalue weighted by Crippen LogP contribution is -2.06. The molecule has 2 nitrogen and oxygen atoms in total. The van der Waals surface area contributed by atoms with Crippen LogP contribution in [0.1, 0.15) is 21.6 Å². The van der Waals surface area contributed by atoms with Crippen molar-refractivity contribution in [2.75, 3.05) is 0 Å². The third kappa shape index (κ3) is 2.40. The number of ketones is 1. The third-order valence-corrected chi connectivity index (χ3v) is 3.26. The van der Waals surface area contributed by atoms with Crippen LogP contribution in [-0.4, -0.2) is 10.8 Å². The first kappa shape index (κ1) is 13.4. The summed E-state index contributed by atoms with van der Waals surface area (Å²) in [5.41, 5.74) is 1.55. The minimum atomic E-state index is -0.862.